The fourth-order valence-electron chi connectivity index (χ4n) is 3.09. The lowest BCUT2D eigenvalue weighted by Crippen LogP contribution is -2.17. The minimum absolute atomic E-state index is 0.237. The van der Waals surface area contributed by atoms with E-state index < -0.39 is 0 Å². The Bertz CT molecular complexity index is 1180. The van der Waals surface area contributed by atoms with Crippen LogP contribution in [0.3, 0.4) is 0 Å². The second-order valence-electron chi connectivity index (χ2n) is 7.36. The van der Waals surface area contributed by atoms with Crippen LogP contribution in [0.5, 0.6) is 11.5 Å². The molecule has 5 heteroatoms. The maximum Gasteiger partial charge on any atom is 0.271 e. The smallest absolute Gasteiger partial charge is 0.271 e. The molecule has 4 aromatic carbocycles. The van der Waals surface area contributed by atoms with Crippen molar-refractivity contribution in [1.29, 1.82) is 0 Å². The summed E-state index contributed by atoms with van der Waals surface area (Å²) >= 11 is 1.85. The summed E-state index contributed by atoms with van der Waals surface area (Å²) in [5.74, 6) is 3.16. The van der Waals surface area contributed by atoms with Gasteiger partial charge < -0.3 is 4.74 Å². The van der Waals surface area contributed by atoms with Gasteiger partial charge in [-0.1, -0.05) is 60.7 Å². The van der Waals surface area contributed by atoms with Crippen LogP contribution in [0.4, 0.5) is 0 Å². The Balaban J connectivity index is 1.23. The molecule has 0 heterocycles. The molecule has 0 radical (unpaired) electrons. The molecule has 1 N–H and O–H groups in total. The molecule has 1 amide bonds. The molecule has 0 saturated heterocycles. The zero-order valence-corrected chi connectivity index (χ0v) is 18.9. The van der Waals surface area contributed by atoms with Crippen molar-refractivity contribution in [3.8, 4) is 11.5 Å². The summed E-state index contributed by atoms with van der Waals surface area (Å²) in [6.45, 7) is 0. The molecular formula is C28H24N2O2S. The van der Waals surface area contributed by atoms with Gasteiger partial charge in [-0.2, -0.15) is 16.9 Å². The summed E-state index contributed by atoms with van der Waals surface area (Å²) in [5, 5.41) is 4.07. The molecule has 0 fully saturated rings. The van der Waals surface area contributed by atoms with Crippen LogP contribution in [0.15, 0.2) is 114 Å². The highest BCUT2D eigenvalue weighted by atomic mass is 32.2. The van der Waals surface area contributed by atoms with E-state index in [0.29, 0.717) is 5.56 Å². The first-order chi connectivity index (χ1) is 16.3. The van der Waals surface area contributed by atoms with Crippen LogP contribution in [-0.4, -0.2) is 12.1 Å². The number of hydrogen-bond acceptors (Lipinski definition) is 4. The molecule has 0 saturated carbocycles. The Labute approximate surface area is 198 Å². The molecule has 0 spiro atoms. The largest absolute Gasteiger partial charge is 0.457 e. The van der Waals surface area contributed by atoms with E-state index in [-0.39, 0.29) is 5.91 Å². The van der Waals surface area contributed by atoms with E-state index in [9.17, 15) is 4.79 Å². The Hall–Kier alpha value is -3.83. The first-order valence-electron chi connectivity index (χ1n) is 10.6. The number of amides is 1. The van der Waals surface area contributed by atoms with Crippen molar-refractivity contribution in [2.24, 2.45) is 5.10 Å². The molecule has 0 aliphatic rings. The maximum atomic E-state index is 12.4. The number of carbonyl (C=O) groups excluding carboxylic acids is 1. The monoisotopic (exact) mass is 452 g/mol. The minimum atomic E-state index is -0.237. The van der Waals surface area contributed by atoms with Gasteiger partial charge >= 0.3 is 0 Å². The van der Waals surface area contributed by atoms with E-state index in [2.05, 4.69) is 34.8 Å². The van der Waals surface area contributed by atoms with Crippen molar-refractivity contribution in [3.63, 3.8) is 0 Å². The van der Waals surface area contributed by atoms with Gasteiger partial charge in [-0.05, 0) is 65.2 Å². The summed E-state index contributed by atoms with van der Waals surface area (Å²) < 4.78 is 5.77. The van der Waals surface area contributed by atoms with Gasteiger partial charge in [0.25, 0.3) is 5.91 Å². The third kappa shape index (κ3) is 7.09. The van der Waals surface area contributed by atoms with Gasteiger partial charge in [-0.25, -0.2) is 5.43 Å². The van der Waals surface area contributed by atoms with Crippen molar-refractivity contribution >= 4 is 23.9 Å². The van der Waals surface area contributed by atoms with E-state index in [1.165, 1.54) is 11.1 Å². The molecule has 0 unspecified atom stereocenters. The molecule has 33 heavy (non-hydrogen) atoms. The fraction of sp³-hybridized carbons (Fsp3) is 0.0714. The number of para-hydroxylation sites is 1. The number of thioether (sulfide) groups is 1. The van der Waals surface area contributed by atoms with Crippen molar-refractivity contribution in [2.45, 2.75) is 11.5 Å². The van der Waals surface area contributed by atoms with Crippen LogP contribution in [0, 0.1) is 0 Å². The molecule has 4 nitrogen and oxygen atoms in total. The molecular weight excluding hydrogens is 428 g/mol. The number of carbonyl (C=O) groups is 1. The molecule has 0 bridgehead atoms. The number of rotatable bonds is 9. The lowest BCUT2D eigenvalue weighted by atomic mass is 10.1. The molecule has 0 atom stereocenters. The Morgan fingerprint density at radius 3 is 1.97 bits per heavy atom. The minimum Gasteiger partial charge on any atom is -0.457 e. The van der Waals surface area contributed by atoms with Gasteiger partial charge in [0.2, 0.25) is 0 Å². The van der Waals surface area contributed by atoms with Crippen molar-refractivity contribution in [2.75, 3.05) is 0 Å². The van der Waals surface area contributed by atoms with Gasteiger partial charge in [0.15, 0.2) is 0 Å². The van der Waals surface area contributed by atoms with Gasteiger partial charge in [0.1, 0.15) is 11.5 Å². The maximum absolute atomic E-state index is 12.4. The number of ether oxygens (including phenoxy) is 1. The SMILES string of the molecule is O=C(N/N=C/c1ccc(Oc2ccccc2)cc1)c1ccc(CSCc2ccccc2)cc1. The quantitative estimate of drug-likeness (QED) is 0.228. The second kappa shape index (κ2) is 11.7. The first-order valence-corrected chi connectivity index (χ1v) is 11.8. The van der Waals surface area contributed by atoms with Crippen LogP contribution in [0.1, 0.15) is 27.0 Å². The van der Waals surface area contributed by atoms with Crippen molar-refractivity contribution < 1.29 is 9.53 Å². The summed E-state index contributed by atoms with van der Waals surface area (Å²) in [5.41, 5.74) is 6.53. The summed E-state index contributed by atoms with van der Waals surface area (Å²) in [7, 11) is 0. The lowest BCUT2D eigenvalue weighted by molar-refractivity contribution is 0.0955. The number of hydrazone groups is 1. The average Bonchev–Trinajstić information content (AvgIpc) is 2.87. The third-order valence-electron chi connectivity index (χ3n) is 4.84. The number of hydrogen-bond donors (Lipinski definition) is 1. The zero-order valence-electron chi connectivity index (χ0n) is 18.1. The summed E-state index contributed by atoms with van der Waals surface area (Å²) in [4.78, 5) is 12.4. The Morgan fingerprint density at radius 1 is 0.727 bits per heavy atom. The second-order valence-corrected chi connectivity index (χ2v) is 8.34. The van der Waals surface area contributed by atoms with E-state index in [1.807, 2.05) is 96.7 Å². The van der Waals surface area contributed by atoms with Crippen LogP contribution in [-0.2, 0) is 11.5 Å². The number of nitrogens with zero attached hydrogens (tertiary/aromatic N) is 1. The highest BCUT2D eigenvalue weighted by Gasteiger charge is 2.04. The predicted octanol–water partition coefficient (Wildman–Crippen LogP) is 6.68. The zero-order chi connectivity index (χ0) is 22.7. The fourth-order valence-corrected chi connectivity index (χ4v) is 4.05. The molecule has 0 aliphatic heterocycles. The predicted molar refractivity (Wildman–Crippen MR) is 136 cm³/mol. The molecule has 4 rings (SSSR count). The van der Waals surface area contributed by atoms with E-state index >= 15 is 0 Å². The van der Waals surface area contributed by atoms with E-state index in [4.69, 9.17) is 4.74 Å². The molecule has 4 aromatic rings. The van der Waals surface area contributed by atoms with Crippen molar-refractivity contribution in [1.82, 2.24) is 5.43 Å². The molecule has 164 valence electrons. The summed E-state index contributed by atoms with van der Waals surface area (Å²) in [6.07, 6.45) is 1.61. The van der Waals surface area contributed by atoms with E-state index in [1.54, 1.807) is 6.21 Å². The lowest BCUT2D eigenvalue weighted by Gasteiger charge is -2.05. The van der Waals surface area contributed by atoms with Gasteiger partial charge in [-0.3, -0.25) is 4.79 Å². The molecule has 0 aliphatic carbocycles. The van der Waals surface area contributed by atoms with E-state index in [0.717, 1.165) is 28.6 Å². The van der Waals surface area contributed by atoms with Crippen LogP contribution in [0.25, 0.3) is 0 Å². The highest BCUT2D eigenvalue weighted by Crippen LogP contribution is 2.21. The van der Waals surface area contributed by atoms with Gasteiger partial charge in [0.05, 0.1) is 6.21 Å². The average molecular weight is 453 g/mol. The van der Waals surface area contributed by atoms with Crippen LogP contribution in [0.2, 0.25) is 0 Å². The highest BCUT2D eigenvalue weighted by molar-refractivity contribution is 7.97. The summed E-state index contributed by atoms with van der Waals surface area (Å²) in [6, 6.07) is 35.2. The third-order valence-corrected chi connectivity index (χ3v) is 5.91. The number of nitrogens with one attached hydrogen (secondary N) is 1. The number of benzene rings is 4. The van der Waals surface area contributed by atoms with Gasteiger partial charge in [-0.15, -0.1) is 0 Å². The Kier molecular flexibility index (Phi) is 7.93. The standard InChI is InChI=1S/C28H24N2O2S/c31-28(25-15-11-24(12-16-25)21-33-20-23-7-3-1-4-8-23)30-29-19-22-13-17-27(18-14-22)32-26-9-5-2-6-10-26/h1-19H,20-21H2,(H,30,31)/b29-19+. The van der Waals surface area contributed by atoms with Crippen molar-refractivity contribution in [3.05, 3.63) is 131 Å². The van der Waals surface area contributed by atoms with Crippen LogP contribution < -0.4 is 10.2 Å². The normalized spacial score (nSPS) is 10.8. The first kappa shape index (κ1) is 22.4. The molecule has 0 aromatic heterocycles. The van der Waals surface area contributed by atoms with Crippen LogP contribution >= 0.6 is 11.8 Å². The Morgan fingerprint density at radius 2 is 1.30 bits per heavy atom. The topological polar surface area (TPSA) is 50.7 Å². The van der Waals surface area contributed by atoms with Gasteiger partial charge in [0, 0.05) is 17.1 Å².